The molecule has 1 saturated heterocycles. The van der Waals surface area contributed by atoms with Crippen molar-refractivity contribution in [3.63, 3.8) is 0 Å². The number of carbonyl (C=O) groups is 1. The first kappa shape index (κ1) is 27.1. The number of anilines is 1. The second-order valence-electron chi connectivity index (χ2n) is 8.29. The molecular weight excluding hydrogens is 511 g/mol. The van der Waals surface area contributed by atoms with Gasteiger partial charge in [0.1, 0.15) is 5.60 Å². The lowest BCUT2D eigenvalue weighted by Gasteiger charge is -2.33. The van der Waals surface area contributed by atoms with E-state index >= 15 is 0 Å². The molecule has 0 radical (unpaired) electrons. The molecule has 1 heterocycles. The van der Waals surface area contributed by atoms with E-state index in [9.17, 15) is 4.79 Å². The number of halogens is 1. The fourth-order valence-corrected chi connectivity index (χ4v) is 3.23. The van der Waals surface area contributed by atoms with E-state index in [4.69, 9.17) is 14.2 Å². The quantitative estimate of drug-likeness (QED) is 0.313. The SMILES string of the molecule is CCOc1cc(NC(=NC)NCC2CCN(C(=O)OC(C)(C)C)CC2)ccc1OC.I. The highest BCUT2D eigenvalue weighted by molar-refractivity contribution is 14.0. The lowest BCUT2D eigenvalue weighted by Crippen LogP contribution is -2.44. The van der Waals surface area contributed by atoms with Gasteiger partial charge in [-0.15, -0.1) is 24.0 Å². The zero-order valence-electron chi connectivity index (χ0n) is 19.5. The summed E-state index contributed by atoms with van der Waals surface area (Å²) in [5, 5.41) is 6.67. The molecule has 1 aliphatic heterocycles. The van der Waals surface area contributed by atoms with Gasteiger partial charge in [-0.25, -0.2) is 4.79 Å². The normalized spacial score (nSPS) is 15.0. The molecule has 0 atom stereocenters. The summed E-state index contributed by atoms with van der Waals surface area (Å²) in [5.41, 5.74) is 0.407. The minimum atomic E-state index is -0.461. The predicted octanol–water partition coefficient (Wildman–Crippen LogP) is 4.35. The minimum absolute atomic E-state index is 0. The smallest absolute Gasteiger partial charge is 0.410 e. The van der Waals surface area contributed by atoms with Crippen molar-refractivity contribution in [2.45, 2.75) is 46.1 Å². The number of benzene rings is 1. The predicted molar refractivity (Wildman–Crippen MR) is 135 cm³/mol. The minimum Gasteiger partial charge on any atom is -0.493 e. The van der Waals surface area contributed by atoms with Gasteiger partial charge in [0.05, 0.1) is 13.7 Å². The van der Waals surface area contributed by atoms with E-state index in [1.54, 1.807) is 19.1 Å². The van der Waals surface area contributed by atoms with Crippen molar-refractivity contribution in [2.24, 2.45) is 10.9 Å². The van der Waals surface area contributed by atoms with Gasteiger partial charge < -0.3 is 29.7 Å². The molecule has 0 unspecified atom stereocenters. The fourth-order valence-electron chi connectivity index (χ4n) is 3.23. The number of guanidine groups is 1. The molecule has 9 heteroatoms. The largest absolute Gasteiger partial charge is 0.493 e. The summed E-state index contributed by atoms with van der Waals surface area (Å²) in [7, 11) is 3.37. The van der Waals surface area contributed by atoms with Crippen molar-refractivity contribution in [1.29, 1.82) is 0 Å². The number of nitrogens with zero attached hydrogens (tertiary/aromatic N) is 2. The van der Waals surface area contributed by atoms with E-state index in [1.165, 1.54) is 0 Å². The van der Waals surface area contributed by atoms with Crippen LogP contribution >= 0.6 is 24.0 Å². The Morgan fingerprint density at radius 1 is 1.23 bits per heavy atom. The molecule has 1 amide bonds. The fraction of sp³-hybridized carbons (Fsp3) is 0.636. The third-order valence-electron chi connectivity index (χ3n) is 4.77. The number of methoxy groups -OCH3 is 1. The summed E-state index contributed by atoms with van der Waals surface area (Å²) < 4.78 is 16.4. The van der Waals surface area contributed by atoms with Crippen LogP contribution in [0, 0.1) is 5.92 Å². The number of nitrogens with one attached hydrogen (secondary N) is 2. The number of likely N-dealkylation sites (tertiary alicyclic amines) is 1. The standard InChI is InChI=1S/C22H36N4O4.HI/c1-7-29-19-14-17(8-9-18(19)28-6)25-20(23-5)24-15-16-10-12-26(13-11-16)21(27)30-22(2,3)4;/h8-9,14,16H,7,10-13,15H2,1-6H3,(H2,23,24,25);1H. The highest BCUT2D eigenvalue weighted by atomic mass is 127. The van der Waals surface area contributed by atoms with Crippen molar-refractivity contribution >= 4 is 41.7 Å². The lowest BCUT2D eigenvalue weighted by atomic mass is 9.97. The molecule has 1 fully saturated rings. The van der Waals surface area contributed by atoms with E-state index < -0.39 is 5.60 Å². The van der Waals surface area contributed by atoms with Crippen LogP contribution in [-0.4, -0.2) is 63.0 Å². The van der Waals surface area contributed by atoms with Crippen LogP contribution in [0.25, 0.3) is 0 Å². The molecule has 1 aromatic carbocycles. The number of hydrogen-bond acceptors (Lipinski definition) is 5. The highest BCUT2D eigenvalue weighted by Gasteiger charge is 2.26. The average Bonchev–Trinajstić information content (AvgIpc) is 2.70. The number of amides is 1. The molecule has 0 saturated carbocycles. The second kappa shape index (κ2) is 12.8. The van der Waals surface area contributed by atoms with E-state index in [2.05, 4.69) is 15.6 Å². The molecule has 176 valence electrons. The zero-order chi connectivity index (χ0) is 22.1. The summed E-state index contributed by atoms with van der Waals surface area (Å²) in [6.45, 7) is 10.4. The molecule has 31 heavy (non-hydrogen) atoms. The number of aliphatic imine (C=N–C) groups is 1. The van der Waals surface area contributed by atoms with Crippen LogP contribution in [0.3, 0.4) is 0 Å². The number of rotatable bonds is 6. The molecule has 0 spiro atoms. The molecule has 8 nitrogen and oxygen atoms in total. The molecule has 2 rings (SSSR count). The molecular formula is C22H37IN4O4. The third-order valence-corrected chi connectivity index (χ3v) is 4.77. The summed E-state index contributed by atoms with van der Waals surface area (Å²) in [6, 6.07) is 5.69. The summed E-state index contributed by atoms with van der Waals surface area (Å²) in [4.78, 5) is 18.3. The van der Waals surface area contributed by atoms with Crippen LogP contribution in [0.5, 0.6) is 11.5 Å². The van der Waals surface area contributed by atoms with Crippen molar-refractivity contribution in [3.05, 3.63) is 18.2 Å². The van der Waals surface area contributed by atoms with Gasteiger partial charge >= 0.3 is 6.09 Å². The van der Waals surface area contributed by atoms with Gasteiger partial charge in [0, 0.05) is 38.4 Å². The molecule has 0 aromatic heterocycles. The highest BCUT2D eigenvalue weighted by Crippen LogP contribution is 2.30. The maximum absolute atomic E-state index is 12.2. The van der Waals surface area contributed by atoms with E-state index in [0.29, 0.717) is 43.1 Å². The van der Waals surface area contributed by atoms with Gasteiger partial charge in [-0.2, -0.15) is 0 Å². The van der Waals surface area contributed by atoms with Gasteiger partial charge in [-0.1, -0.05) is 0 Å². The van der Waals surface area contributed by atoms with Crippen molar-refractivity contribution < 1.29 is 19.0 Å². The number of piperidine rings is 1. The summed E-state index contributed by atoms with van der Waals surface area (Å²) >= 11 is 0. The number of ether oxygens (including phenoxy) is 3. The van der Waals surface area contributed by atoms with Crippen molar-refractivity contribution in [3.8, 4) is 11.5 Å². The second-order valence-corrected chi connectivity index (χ2v) is 8.29. The third kappa shape index (κ3) is 9.00. The van der Waals surface area contributed by atoms with E-state index in [0.717, 1.165) is 25.1 Å². The van der Waals surface area contributed by atoms with Crippen LogP contribution in [0.4, 0.5) is 10.5 Å². The maximum Gasteiger partial charge on any atom is 0.410 e. The van der Waals surface area contributed by atoms with Crippen LogP contribution in [-0.2, 0) is 4.74 Å². The van der Waals surface area contributed by atoms with Crippen LogP contribution in [0.1, 0.15) is 40.5 Å². The Kier molecular flexibility index (Phi) is 11.2. The van der Waals surface area contributed by atoms with Crippen LogP contribution in [0.15, 0.2) is 23.2 Å². The van der Waals surface area contributed by atoms with Crippen molar-refractivity contribution in [1.82, 2.24) is 10.2 Å². The zero-order valence-corrected chi connectivity index (χ0v) is 21.8. The Morgan fingerprint density at radius 3 is 2.45 bits per heavy atom. The van der Waals surface area contributed by atoms with Gasteiger partial charge in [-0.3, -0.25) is 4.99 Å². The molecule has 0 aliphatic carbocycles. The topological polar surface area (TPSA) is 84.4 Å². The Hall–Kier alpha value is -1.91. The molecule has 0 bridgehead atoms. The monoisotopic (exact) mass is 548 g/mol. The Morgan fingerprint density at radius 2 is 1.90 bits per heavy atom. The maximum atomic E-state index is 12.2. The summed E-state index contributed by atoms with van der Waals surface area (Å²) in [5.74, 6) is 2.55. The molecule has 1 aromatic rings. The van der Waals surface area contributed by atoms with Gasteiger partial charge in [-0.05, 0) is 58.6 Å². The van der Waals surface area contributed by atoms with Gasteiger partial charge in [0.15, 0.2) is 17.5 Å². The number of hydrogen-bond donors (Lipinski definition) is 2. The first-order valence-electron chi connectivity index (χ1n) is 10.5. The first-order valence-corrected chi connectivity index (χ1v) is 10.5. The van der Waals surface area contributed by atoms with Gasteiger partial charge in [0.2, 0.25) is 0 Å². The summed E-state index contributed by atoms with van der Waals surface area (Å²) in [6.07, 6.45) is 1.64. The Balaban J connectivity index is 0.00000480. The first-order chi connectivity index (χ1) is 14.3. The van der Waals surface area contributed by atoms with Crippen molar-refractivity contribution in [2.75, 3.05) is 45.7 Å². The Labute approximate surface area is 203 Å². The Bertz CT molecular complexity index is 729. The van der Waals surface area contributed by atoms with E-state index in [-0.39, 0.29) is 30.1 Å². The van der Waals surface area contributed by atoms with E-state index in [1.807, 2.05) is 45.9 Å². The molecule has 1 aliphatic rings. The average molecular weight is 548 g/mol. The molecule has 2 N–H and O–H groups in total. The van der Waals surface area contributed by atoms with Gasteiger partial charge in [0.25, 0.3) is 0 Å². The number of carbonyl (C=O) groups excluding carboxylic acids is 1. The lowest BCUT2D eigenvalue weighted by molar-refractivity contribution is 0.0185. The van der Waals surface area contributed by atoms with Crippen LogP contribution < -0.4 is 20.1 Å². The van der Waals surface area contributed by atoms with Crippen LogP contribution in [0.2, 0.25) is 0 Å².